The number of nitrogens with zero attached hydrogens (tertiary/aromatic N) is 1. The first-order valence-corrected chi connectivity index (χ1v) is 7.08. The van der Waals surface area contributed by atoms with Gasteiger partial charge in [-0.2, -0.15) is 0 Å². The smallest absolute Gasteiger partial charge is 0.257 e. The average Bonchev–Trinajstić information content (AvgIpc) is 2.43. The van der Waals surface area contributed by atoms with Gasteiger partial charge in [0.05, 0.1) is 5.56 Å². The molecule has 3 N–H and O–H groups in total. The first-order chi connectivity index (χ1) is 9.54. The SMILES string of the molecule is CCNC1CCN(C(=O)c2cccc(O)c2O)CC1C. The normalized spacial score (nSPS) is 22.8. The monoisotopic (exact) mass is 278 g/mol. The molecule has 20 heavy (non-hydrogen) atoms. The number of likely N-dealkylation sites (tertiary alicyclic amines) is 1. The number of rotatable bonds is 3. The molecule has 1 aliphatic heterocycles. The standard InChI is InChI=1S/C15H22N2O3/c1-3-16-12-7-8-17(9-10(12)2)15(20)11-5-4-6-13(18)14(11)19/h4-6,10,12,16,18-19H,3,7-9H2,1-2H3. The Bertz CT molecular complexity index is 490. The molecule has 0 spiro atoms. The Hall–Kier alpha value is -1.75. The summed E-state index contributed by atoms with van der Waals surface area (Å²) >= 11 is 0. The summed E-state index contributed by atoms with van der Waals surface area (Å²) in [6.45, 7) is 6.45. The van der Waals surface area contributed by atoms with Crippen LogP contribution in [-0.2, 0) is 0 Å². The number of phenolic OH excluding ortho intramolecular Hbond substituents is 2. The molecule has 5 heteroatoms. The summed E-state index contributed by atoms with van der Waals surface area (Å²) in [5, 5.41) is 22.7. The van der Waals surface area contributed by atoms with Crippen molar-refractivity contribution in [2.75, 3.05) is 19.6 Å². The Balaban J connectivity index is 2.09. The molecule has 2 unspecified atom stereocenters. The molecule has 0 aliphatic carbocycles. The first-order valence-electron chi connectivity index (χ1n) is 7.08. The van der Waals surface area contributed by atoms with Crippen LogP contribution in [0.4, 0.5) is 0 Å². The summed E-state index contributed by atoms with van der Waals surface area (Å²) in [5.74, 6) is -0.447. The van der Waals surface area contributed by atoms with E-state index in [1.165, 1.54) is 6.07 Å². The summed E-state index contributed by atoms with van der Waals surface area (Å²) in [5.41, 5.74) is 0.166. The Morgan fingerprint density at radius 3 is 2.85 bits per heavy atom. The number of benzene rings is 1. The van der Waals surface area contributed by atoms with Gasteiger partial charge in [-0.05, 0) is 31.0 Å². The lowest BCUT2D eigenvalue weighted by molar-refractivity contribution is 0.0642. The Morgan fingerprint density at radius 1 is 1.45 bits per heavy atom. The zero-order chi connectivity index (χ0) is 14.7. The second kappa shape index (κ2) is 6.13. The van der Waals surface area contributed by atoms with Crippen LogP contribution in [0.15, 0.2) is 18.2 Å². The van der Waals surface area contributed by atoms with Crippen molar-refractivity contribution >= 4 is 5.91 Å². The van der Waals surface area contributed by atoms with Gasteiger partial charge in [-0.1, -0.05) is 19.9 Å². The highest BCUT2D eigenvalue weighted by atomic mass is 16.3. The number of hydrogen-bond acceptors (Lipinski definition) is 4. The minimum Gasteiger partial charge on any atom is -0.504 e. The molecule has 2 atom stereocenters. The third-order valence-corrected chi connectivity index (χ3v) is 3.90. The molecule has 1 aromatic rings. The van der Waals surface area contributed by atoms with Gasteiger partial charge in [-0.15, -0.1) is 0 Å². The molecular weight excluding hydrogens is 256 g/mol. The number of carbonyl (C=O) groups is 1. The van der Waals surface area contributed by atoms with Crippen molar-refractivity contribution in [1.82, 2.24) is 10.2 Å². The van der Waals surface area contributed by atoms with Gasteiger partial charge in [0.25, 0.3) is 5.91 Å². The molecule has 1 amide bonds. The van der Waals surface area contributed by atoms with Crippen molar-refractivity contribution in [1.29, 1.82) is 0 Å². The predicted molar refractivity (Wildman–Crippen MR) is 76.9 cm³/mol. The number of piperidine rings is 1. The van der Waals surface area contributed by atoms with E-state index in [0.717, 1.165) is 13.0 Å². The summed E-state index contributed by atoms with van der Waals surface area (Å²) in [4.78, 5) is 14.2. The molecular formula is C15H22N2O3. The van der Waals surface area contributed by atoms with E-state index in [-0.39, 0.29) is 23.0 Å². The second-order valence-corrected chi connectivity index (χ2v) is 5.35. The van der Waals surface area contributed by atoms with Crippen LogP contribution >= 0.6 is 0 Å². The highest BCUT2D eigenvalue weighted by molar-refractivity contribution is 5.97. The third-order valence-electron chi connectivity index (χ3n) is 3.90. The number of aromatic hydroxyl groups is 2. The summed E-state index contributed by atoms with van der Waals surface area (Å²) in [7, 11) is 0. The fraction of sp³-hybridized carbons (Fsp3) is 0.533. The van der Waals surface area contributed by atoms with Crippen LogP contribution in [-0.4, -0.2) is 46.7 Å². The van der Waals surface area contributed by atoms with E-state index in [1.807, 2.05) is 0 Å². The van der Waals surface area contributed by atoms with Crippen LogP contribution in [0.5, 0.6) is 11.5 Å². The zero-order valence-corrected chi connectivity index (χ0v) is 12.0. The molecule has 0 aromatic heterocycles. The lowest BCUT2D eigenvalue weighted by atomic mass is 9.93. The van der Waals surface area contributed by atoms with E-state index in [1.54, 1.807) is 17.0 Å². The molecule has 5 nitrogen and oxygen atoms in total. The molecule has 0 saturated carbocycles. The molecule has 1 fully saturated rings. The lowest BCUT2D eigenvalue weighted by Crippen LogP contribution is -2.50. The van der Waals surface area contributed by atoms with Gasteiger partial charge in [-0.3, -0.25) is 4.79 Å². The van der Waals surface area contributed by atoms with Crippen LogP contribution in [0.2, 0.25) is 0 Å². The summed E-state index contributed by atoms with van der Waals surface area (Å²) in [6.07, 6.45) is 0.903. The van der Waals surface area contributed by atoms with Gasteiger partial charge in [0, 0.05) is 19.1 Å². The van der Waals surface area contributed by atoms with Crippen LogP contribution in [0.1, 0.15) is 30.6 Å². The third kappa shape index (κ3) is 2.88. The molecule has 0 bridgehead atoms. The average molecular weight is 278 g/mol. The molecule has 0 radical (unpaired) electrons. The van der Waals surface area contributed by atoms with Crippen LogP contribution in [0, 0.1) is 5.92 Å². The van der Waals surface area contributed by atoms with Crippen molar-refractivity contribution in [3.8, 4) is 11.5 Å². The fourth-order valence-corrected chi connectivity index (χ4v) is 2.77. The maximum absolute atomic E-state index is 12.4. The number of nitrogens with one attached hydrogen (secondary N) is 1. The van der Waals surface area contributed by atoms with Gasteiger partial charge in [0.2, 0.25) is 0 Å². The first kappa shape index (κ1) is 14.7. The number of para-hydroxylation sites is 1. The maximum Gasteiger partial charge on any atom is 0.257 e. The largest absolute Gasteiger partial charge is 0.504 e. The molecule has 110 valence electrons. The van der Waals surface area contributed by atoms with Gasteiger partial charge in [0.15, 0.2) is 11.5 Å². The quantitative estimate of drug-likeness (QED) is 0.734. The predicted octanol–water partition coefficient (Wildman–Crippen LogP) is 1.56. The Kier molecular flexibility index (Phi) is 4.49. The molecule has 1 aromatic carbocycles. The second-order valence-electron chi connectivity index (χ2n) is 5.35. The number of amides is 1. The fourth-order valence-electron chi connectivity index (χ4n) is 2.77. The lowest BCUT2D eigenvalue weighted by Gasteiger charge is -2.37. The molecule has 1 aliphatic rings. The topological polar surface area (TPSA) is 72.8 Å². The molecule has 1 heterocycles. The highest BCUT2D eigenvalue weighted by Gasteiger charge is 2.29. The van der Waals surface area contributed by atoms with Crippen molar-refractivity contribution < 1.29 is 15.0 Å². The minimum atomic E-state index is -0.334. The Morgan fingerprint density at radius 2 is 2.20 bits per heavy atom. The van der Waals surface area contributed by atoms with E-state index in [2.05, 4.69) is 19.2 Å². The number of phenols is 2. The van der Waals surface area contributed by atoms with E-state index >= 15 is 0 Å². The van der Waals surface area contributed by atoms with E-state index in [4.69, 9.17) is 0 Å². The van der Waals surface area contributed by atoms with Gasteiger partial charge >= 0.3 is 0 Å². The van der Waals surface area contributed by atoms with E-state index < -0.39 is 0 Å². The molecule has 1 saturated heterocycles. The summed E-state index contributed by atoms with van der Waals surface area (Å²) in [6, 6.07) is 4.91. The van der Waals surface area contributed by atoms with Crippen molar-refractivity contribution in [3.63, 3.8) is 0 Å². The summed E-state index contributed by atoms with van der Waals surface area (Å²) < 4.78 is 0. The van der Waals surface area contributed by atoms with Crippen molar-refractivity contribution in [2.45, 2.75) is 26.3 Å². The van der Waals surface area contributed by atoms with Crippen LogP contribution in [0.25, 0.3) is 0 Å². The van der Waals surface area contributed by atoms with Crippen molar-refractivity contribution in [3.05, 3.63) is 23.8 Å². The zero-order valence-electron chi connectivity index (χ0n) is 12.0. The number of hydrogen-bond donors (Lipinski definition) is 3. The number of carbonyl (C=O) groups excluding carboxylic acids is 1. The van der Waals surface area contributed by atoms with Crippen molar-refractivity contribution in [2.24, 2.45) is 5.92 Å². The van der Waals surface area contributed by atoms with E-state index in [0.29, 0.717) is 25.0 Å². The van der Waals surface area contributed by atoms with Gasteiger partial charge in [0.1, 0.15) is 0 Å². The van der Waals surface area contributed by atoms with Crippen LogP contribution < -0.4 is 5.32 Å². The van der Waals surface area contributed by atoms with Gasteiger partial charge < -0.3 is 20.4 Å². The minimum absolute atomic E-state index is 0.166. The van der Waals surface area contributed by atoms with Gasteiger partial charge in [-0.25, -0.2) is 0 Å². The Labute approximate surface area is 119 Å². The van der Waals surface area contributed by atoms with E-state index in [9.17, 15) is 15.0 Å². The molecule has 2 rings (SSSR count). The maximum atomic E-state index is 12.4. The van der Waals surface area contributed by atoms with Crippen LogP contribution in [0.3, 0.4) is 0 Å². The highest BCUT2D eigenvalue weighted by Crippen LogP contribution is 2.30.